The smallest absolute Gasteiger partial charge is 0.287 e. The highest BCUT2D eigenvalue weighted by Gasteiger charge is 2.23. The van der Waals surface area contributed by atoms with Crippen molar-refractivity contribution in [3.63, 3.8) is 0 Å². The van der Waals surface area contributed by atoms with Crippen molar-refractivity contribution in [1.82, 2.24) is 25.0 Å². The van der Waals surface area contributed by atoms with E-state index >= 15 is 0 Å². The van der Waals surface area contributed by atoms with Crippen LogP contribution in [0.25, 0.3) is 0 Å². The number of nitrogens with zero attached hydrogens (tertiary/aromatic N) is 4. The Bertz CT molecular complexity index is 1020. The molecule has 0 saturated heterocycles. The Morgan fingerprint density at radius 2 is 2.17 bits per heavy atom. The highest BCUT2D eigenvalue weighted by atomic mass is 19.1. The molecule has 1 aromatic carbocycles. The Morgan fingerprint density at radius 1 is 1.30 bits per heavy atom. The normalized spacial score (nSPS) is 15.3. The number of amides is 1. The fourth-order valence-corrected chi connectivity index (χ4v) is 3.67. The zero-order valence-electron chi connectivity index (χ0n) is 17.0. The Labute approximate surface area is 173 Å². The minimum absolute atomic E-state index is 0.253. The number of hydrogen-bond acceptors (Lipinski definition) is 6. The summed E-state index contributed by atoms with van der Waals surface area (Å²) in [6, 6.07) is 7.93. The second-order valence-electron chi connectivity index (χ2n) is 7.29. The minimum atomic E-state index is -0.362. The van der Waals surface area contributed by atoms with Crippen molar-refractivity contribution in [2.75, 3.05) is 20.2 Å². The summed E-state index contributed by atoms with van der Waals surface area (Å²) in [7, 11) is 1.47. The van der Waals surface area contributed by atoms with Gasteiger partial charge in [-0.1, -0.05) is 6.07 Å². The van der Waals surface area contributed by atoms with Gasteiger partial charge in [0.2, 0.25) is 0 Å². The molecule has 4 rings (SSSR count). The Balaban J connectivity index is 1.42. The molecule has 2 aromatic heterocycles. The van der Waals surface area contributed by atoms with Crippen LogP contribution < -0.4 is 10.1 Å². The first-order valence-corrected chi connectivity index (χ1v) is 9.86. The summed E-state index contributed by atoms with van der Waals surface area (Å²) >= 11 is 0. The summed E-state index contributed by atoms with van der Waals surface area (Å²) in [4.78, 5) is 14.6. The summed E-state index contributed by atoms with van der Waals surface area (Å²) < 4.78 is 26.0. The highest BCUT2D eigenvalue weighted by Crippen LogP contribution is 2.21. The average Bonchev–Trinajstić information content (AvgIpc) is 3.38. The van der Waals surface area contributed by atoms with E-state index in [0.29, 0.717) is 13.1 Å². The zero-order chi connectivity index (χ0) is 21.1. The average molecular weight is 413 g/mol. The molecule has 1 N–H and O–H groups in total. The molecule has 1 aliphatic heterocycles. The van der Waals surface area contributed by atoms with E-state index in [1.165, 1.54) is 19.4 Å². The van der Waals surface area contributed by atoms with Gasteiger partial charge in [-0.25, -0.2) is 4.39 Å². The van der Waals surface area contributed by atoms with Gasteiger partial charge in [0.25, 0.3) is 5.91 Å². The molecule has 1 atom stereocenters. The highest BCUT2D eigenvalue weighted by molar-refractivity contribution is 5.91. The number of carbonyl (C=O) groups is 1. The van der Waals surface area contributed by atoms with Crippen LogP contribution in [0.15, 0.2) is 41.0 Å². The number of furan rings is 1. The molecule has 30 heavy (non-hydrogen) atoms. The van der Waals surface area contributed by atoms with Crippen molar-refractivity contribution in [2.24, 2.45) is 0 Å². The Hall–Kier alpha value is -3.20. The van der Waals surface area contributed by atoms with Crippen molar-refractivity contribution < 1.29 is 18.3 Å². The van der Waals surface area contributed by atoms with Crippen LogP contribution in [-0.4, -0.2) is 45.8 Å². The maximum atomic E-state index is 13.7. The fraction of sp³-hybridized carbons (Fsp3) is 0.381. The van der Waals surface area contributed by atoms with Gasteiger partial charge in [-0.3, -0.25) is 9.69 Å². The lowest BCUT2D eigenvalue weighted by molar-refractivity contribution is 0.0909. The quantitative estimate of drug-likeness (QED) is 0.669. The van der Waals surface area contributed by atoms with Gasteiger partial charge in [0.15, 0.2) is 23.2 Å². The van der Waals surface area contributed by atoms with E-state index in [1.807, 2.05) is 6.92 Å². The SMILES string of the molecule is COc1cc(CN2CCc3nnc([C@@H](C)NC(=O)c4ccco4)n3CC2)ccc1F. The summed E-state index contributed by atoms with van der Waals surface area (Å²) in [6.07, 6.45) is 2.21. The van der Waals surface area contributed by atoms with Crippen molar-refractivity contribution in [3.8, 4) is 5.75 Å². The summed E-state index contributed by atoms with van der Waals surface area (Å²) in [6.45, 7) is 4.87. The first-order chi connectivity index (χ1) is 14.5. The summed E-state index contributed by atoms with van der Waals surface area (Å²) in [5.41, 5.74) is 0.991. The Kier molecular flexibility index (Phi) is 5.80. The molecule has 158 valence electrons. The number of ether oxygens (including phenoxy) is 1. The predicted octanol–water partition coefficient (Wildman–Crippen LogP) is 2.57. The lowest BCUT2D eigenvalue weighted by Crippen LogP contribution is -2.30. The molecule has 0 fully saturated rings. The molecule has 0 unspecified atom stereocenters. The van der Waals surface area contributed by atoms with Crippen LogP contribution in [0.4, 0.5) is 4.39 Å². The van der Waals surface area contributed by atoms with Gasteiger partial charge in [-0.2, -0.15) is 0 Å². The molecular formula is C21H24FN5O3. The van der Waals surface area contributed by atoms with Crippen molar-refractivity contribution in [3.05, 3.63) is 65.4 Å². The number of hydrogen-bond donors (Lipinski definition) is 1. The minimum Gasteiger partial charge on any atom is -0.494 e. The molecule has 3 aromatic rings. The second kappa shape index (κ2) is 8.66. The van der Waals surface area contributed by atoms with Gasteiger partial charge < -0.3 is 19.0 Å². The van der Waals surface area contributed by atoms with E-state index in [0.717, 1.165) is 36.7 Å². The number of carbonyl (C=O) groups excluding carboxylic acids is 1. The lowest BCUT2D eigenvalue weighted by Gasteiger charge is -2.20. The predicted molar refractivity (Wildman–Crippen MR) is 107 cm³/mol. The number of halogens is 1. The van der Waals surface area contributed by atoms with E-state index < -0.39 is 0 Å². The summed E-state index contributed by atoms with van der Waals surface area (Å²) in [5, 5.41) is 11.5. The van der Waals surface area contributed by atoms with Crippen LogP contribution in [0.1, 0.15) is 40.7 Å². The molecule has 3 heterocycles. The van der Waals surface area contributed by atoms with Crippen LogP contribution in [0, 0.1) is 5.82 Å². The first kappa shape index (κ1) is 20.1. The monoisotopic (exact) mass is 413 g/mol. The largest absolute Gasteiger partial charge is 0.494 e. The lowest BCUT2D eigenvalue weighted by atomic mass is 10.2. The van der Waals surface area contributed by atoms with Crippen molar-refractivity contribution >= 4 is 5.91 Å². The van der Waals surface area contributed by atoms with Gasteiger partial charge in [0.1, 0.15) is 5.82 Å². The molecule has 1 amide bonds. The van der Waals surface area contributed by atoms with Gasteiger partial charge in [0.05, 0.1) is 19.4 Å². The molecule has 0 spiro atoms. The van der Waals surface area contributed by atoms with Crippen LogP contribution in [0.3, 0.4) is 0 Å². The molecule has 0 aliphatic carbocycles. The third-order valence-corrected chi connectivity index (χ3v) is 5.25. The first-order valence-electron chi connectivity index (χ1n) is 9.86. The van der Waals surface area contributed by atoms with Crippen LogP contribution in [0.5, 0.6) is 5.75 Å². The fourth-order valence-electron chi connectivity index (χ4n) is 3.67. The number of aromatic nitrogens is 3. The van der Waals surface area contributed by atoms with E-state index in [-0.39, 0.29) is 29.3 Å². The third kappa shape index (κ3) is 4.20. The van der Waals surface area contributed by atoms with E-state index in [1.54, 1.807) is 24.3 Å². The number of fused-ring (bicyclic) bond motifs is 1. The van der Waals surface area contributed by atoms with Gasteiger partial charge in [-0.15, -0.1) is 10.2 Å². The van der Waals surface area contributed by atoms with E-state index in [9.17, 15) is 9.18 Å². The number of benzene rings is 1. The van der Waals surface area contributed by atoms with E-state index in [4.69, 9.17) is 9.15 Å². The number of nitrogens with one attached hydrogen (secondary N) is 1. The molecule has 0 saturated carbocycles. The Morgan fingerprint density at radius 3 is 2.93 bits per heavy atom. The maximum Gasteiger partial charge on any atom is 0.287 e. The maximum absolute atomic E-state index is 13.7. The third-order valence-electron chi connectivity index (χ3n) is 5.25. The standard InChI is InChI=1S/C21H24FN5O3/c1-14(23-21(28)17-4-3-11-30-17)20-25-24-19-7-8-26(9-10-27(19)20)13-15-5-6-16(22)18(12-15)29-2/h3-6,11-12,14H,7-10,13H2,1-2H3,(H,23,28)/t14-/m1/s1. The van der Waals surface area contributed by atoms with Crippen molar-refractivity contribution in [1.29, 1.82) is 0 Å². The van der Waals surface area contributed by atoms with Gasteiger partial charge >= 0.3 is 0 Å². The van der Waals surface area contributed by atoms with Crippen LogP contribution >= 0.6 is 0 Å². The molecule has 1 aliphatic rings. The topological polar surface area (TPSA) is 85.4 Å². The number of methoxy groups -OCH3 is 1. The molecular weight excluding hydrogens is 389 g/mol. The molecule has 0 radical (unpaired) electrons. The number of rotatable bonds is 6. The molecule has 9 heteroatoms. The summed E-state index contributed by atoms with van der Waals surface area (Å²) in [5.74, 6) is 1.48. The van der Waals surface area contributed by atoms with E-state index in [2.05, 4.69) is 25.0 Å². The van der Waals surface area contributed by atoms with Gasteiger partial charge in [-0.05, 0) is 36.8 Å². The zero-order valence-corrected chi connectivity index (χ0v) is 17.0. The second-order valence-corrected chi connectivity index (χ2v) is 7.29. The van der Waals surface area contributed by atoms with Crippen molar-refractivity contribution in [2.45, 2.75) is 32.5 Å². The molecule has 8 nitrogen and oxygen atoms in total. The molecule has 0 bridgehead atoms. The van der Waals surface area contributed by atoms with Gasteiger partial charge in [0, 0.05) is 32.6 Å². The van der Waals surface area contributed by atoms with Crippen LogP contribution in [-0.2, 0) is 19.5 Å². The van der Waals surface area contributed by atoms with Crippen LogP contribution in [0.2, 0.25) is 0 Å².